The summed E-state index contributed by atoms with van der Waals surface area (Å²) in [4.78, 5) is 10.8. The summed E-state index contributed by atoms with van der Waals surface area (Å²) in [5, 5.41) is 10.8. The molecule has 0 aromatic heterocycles. The molecule has 0 unspecified atom stereocenters. The van der Waals surface area contributed by atoms with E-state index in [0.29, 0.717) is 18.6 Å². The van der Waals surface area contributed by atoms with Gasteiger partial charge in [0.1, 0.15) is 17.5 Å². The van der Waals surface area contributed by atoms with Crippen LogP contribution in [0, 0.1) is 10.7 Å². The lowest BCUT2D eigenvalue weighted by Gasteiger charge is -2.15. The second-order valence-corrected chi connectivity index (χ2v) is 9.76. The molecular formula is C15H11I3NO7S-. The van der Waals surface area contributed by atoms with Gasteiger partial charge >= 0.3 is 0 Å². The van der Waals surface area contributed by atoms with E-state index in [1.165, 1.54) is 12.1 Å². The van der Waals surface area contributed by atoms with Crippen molar-refractivity contribution in [1.82, 2.24) is 0 Å². The number of rotatable bonds is 7. The Hall–Kier alpha value is -0.430. The lowest BCUT2D eigenvalue weighted by atomic mass is 10.1. The molecule has 2 aromatic rings. The Morgan fingerprint density at radius 1 is 1.11 bits per heavy atom. The summed E-state index contributed by atoms with van der Waals surface area (Å²) < 4.78 is 44.3. The number of benzene rings is 2. The smallest absolute Gasteiger partial charge is 0.262 e. The predicted molar refractivity (Wildman–Crippen MR) is 117 cm³/mol. The van der Waals surface area contributed by atoms with Gasteiger partial charge in [-0.05, 0) is 97.6 Å². The highest BCUT2D eigenvalue weighted by atomic mass is 127. The van der Waals surface area contributed by atoms with Crippen LogP contribution in [-0.2, 0) is 21.6 Å². The van der Waals surface area contributed by atoms with E-state index in [1.807, 2.05) is 45.2 Å². The van der Waals surface area contributed by atoms with E-state index in [-0.39, 0.29) is 12.2 Å². The topological polar surface area (TPSA) is 143 Å². The van der Waals surface area contributed by atoms with Crippen molar-refractivity contribution in [3.05, 3.63) is 46.6 Å². The van der Waals surface area contributed by atoms with E-state index >= 15 is 0 Å². The number of ether oxygens (including phenoxy) is 1. The number of carboxylic acid groups (broad SMARTS) is 1. The number of hydrogen-bond acceptors (Lipinski definition) is 7. The van der Waals surface area contributed by atoms with E-state index < -0.39 is 22.4 Å². The molecule has 12 heteroatoms. The summed E-state index contributed by atoms with van der Waals surface area (Å²) in [6.07, 6.45) is 0.240. The van der Waals surface area contributed by atoms with Crippen LogP contribution in [0.3, 0.4) is 0 Å². The highest BCUT2D eigenvalue weighted by Crippen LogP contribution is 2.35. The first-order valence-corrected chi connectivity index (χ1v) is 11.7. The molecule has 1 atom stereocenters. The summed E-state index contributed by atoms with van der Waals surface area (Å²) in [7, 11) is -4.87. The fourth-order valence-corrected chi connectivity index (χ4v) is 5.33. The van der Waals surface area contributed by atoms with Gasteiger partial charge in [0.05, 0.1) is 16.7 Å². The molecular weight excluding hydrogens is 719 g/mol. The molecule has 0 bridgehead atoms. The standard InChI is InChI=1S/C15H12I3NO7S/c16-9-3-7(4-12(19)15(20)21)1-2-13(9)25-8-5-10(17)14(11(18)6-8)26-27(22,23)24/h1-3,5-6,12H,4,19H2,(H,20,21)(H,22,23,24)/p-1/t12-/m0/s1. The van der Waals surface area contributed by atoms with E-state index in [4.69, 9.17) is 4.74 Å². The van der Waals surface area contributed by atoms with Gasteiger partial charge in [0.2, 0.25) is 0 Å². The third-order valence-electron chi connectivity index (χ3n) is 3.20. The largest absolute Gasteiger partial charge is 0.716 e. The van der Waals surface area contributed by atoms with E-state index in [1.54, 1.807) is 18.2 Å². The van der Waals surface area contributed by atoms with Gasteiger partial charge in [-0.15, -0.1) is 0 Å². The van der Waals surface area contributed by atoms with Crippen molar-refractivity contribution < 1.29 is 37.5 Å². The number of carbonyl (C=O) groups is 1. The molecule has 3 N–H and O–H groups in total. The van der Waals surface area contributed by atoms with Crippen LogP contribution in [0.1, 0.15) is 5.56 Å². The molecule has 0 aliphatic rings. The summed E-state index contributed by atoms with van der Waals surface area (Å²) >= 11 is 5.75. The molecule has 146 valence electrons. The maximum absolute atomic E-state index is 10.8. The van der Waals surface area contributed by atoms with Gasteiger partial charge in [-0.3, -0.25) is 0 Å². The zero-order valence-electron chi connectivity index (χ0n) is 13.3. The Kier molecular flexibility index (Phi) is 7.94. The van der Waals surface area contributed by atoms with Crippen LogP contribution in [0.5, 0.6) is 17.2 Å². The third kappa shape index (κ3) is 6.84. The van der Waals surface area contributed by atoms with Gasteiger partial charge in [0.25, 0.3) is 10.4 Å². The van der Waals surface area contributed by atoms with Crippen molar-refractivity contribution in [2.45, 2.75) is 12.5 Å². The van der Waals surface area contributed by atoms with Crippen LogP contribution in [0.15, 0.2) is 30.3 Å². The highest BCUT2D eigenvalue weighted by molar-refractivity contribution is 14.1. The number of halogens is 3. The van der Waals surface area contributed by atoms with Crippen LogP contribution in [0.25, 0.3) is 0 Å². The molecule has 0 radical (unpaired) electrons. The lowest BCUT2D eigenvalue weighted by molar-refractivity contribution is -0.437. The molecule has 0 heterocycles. The van der Waals surface area contributed by atoms with Gasteiger partial charge in [-0.25, -0.2) is 8.42 Å². The molecule has 0 fully saturated rings. The molecule has 27 heavy (non-hydrogen) atoms. The molecule has 0 aliphatic carbocycles. The Balaban J connectivity index is 2.23. The van der Waals surface area contributed by atoms with Crippen LogP contribution in [0.4, 0.5) is 0 Å². The van der Waals surface area contributed by atoms with Crippen molar-refractivity contribution in [1.29, 1.82) is 0 Å². The first-order valence-electron chi connectivity index (χ1n) is 7.11. The summed E-state index contributed by atoms with van der Waals surface area (Å²) in [6.45, 7) is 0. The summed E-state index contributed by atoms with van der Waals surface area (Å²) in [5.41, 5.74) is 4.31. The van der Waals surface area contributed by atoms with Crippen molar-refractivity contribution >= 4 is 84.1 Å². The lowest BCUT2D eigenvalue weighted by Crippen LogP contribution is -2.69. The Morgan fingerprint density at radius 2 is 1.70 bits per heavy atom. The average Bonchev–Trinajstić information content (AvgIpc) is 2.52. The van der Waals surface area contributed by atoms with Crippen molar-refractivity contribution in [3.63, 3.8) is 0 Å². The molecule has 0 saturated carbocycles. The van der Waals surface area contributed by atoms with Gasteiger partial charge in [0.15, 0.2) is 5.75 Å². The molecule has 0 amide bonds. The molecule has 2 aromatic carbocycles. The van der Waals surface area contributed by atoms with Crippen molar-refractivity contribution in [3.8, 4) is 17.2 Å². The van der Waals surface area contributed by atoms with E-state index in [0.717, 1.165) is 9.13 Å². The monoisotopic (exact) mass is 730 g/mol. The Morgan fingerprint density at radius 3 is 2.19 bits per heavy atom. The number of carbonyl (C=O) groups excluding carboxylic acids is 1. The molecule has 8 nitrogen and oxygen atoms in total. The molecule has 0 aliphatic heterocycles. The minimum Gasteiger partial charge on any atom is -0.716 e. The third-order valence-corrected chi connectivity index (χ3v) is 6.01. The Bertz CT molecular complexity index is 958. The van der Waals surface area contributed by atoms with Crippen molar-refractivity contribution in [2.24, 2.45) is 0 Å². The fraction of sp³-hybridized carbons (Fsp3) is 0.133. The fourth-order valence-electron chi connectivity index (χ4n) is 2.03. The zero-order chi connectivity index (χ0) is 20.4. The normalized spacial score (nSPS) is 12.5. The first-order chi connectivity index (χ1) is 12.5. The Labute approximate surface area is 196 Å². The predicted octanol–water partition coefficient (Wildman–Crippen LogP) is 1.03. The molecule has 0 saturated heterocycles. The summed E-state index contributed by atoms with van der Waals surface area (Å²) in [5.74, 6) is -0.302. The maximum atomic E-state index is 10.8. The number of hydrogen-bond donors (Lipinski definition) is 1. The van der Waals surface area contributed by atoms with Crippen LogP contribution < -0.4 is 19.8 Å². The van der Waals surface area contributed by atoms with E-state index in [9.17, 15) is 22.9 Å². The first kappa shape index (κ1) is 22.9. The SMILES string of the molecule is [NH3+][C@@H](Cc1ccc(Oc2cc(I)c(OS(=O)(=O)[O-])c(I)c2)c(I)c1)C(=O)[O-]. The van der Waals surface area contributed by atoms with Gasteiger partial charge in [-0.2, -0.15) is 0 Å². The van der Waals surface area contributed by atoms with Gasteiger partial charge in [-0.1, -0.05) is 6.07 Å². The number of aliphatic carboxylic acids is 1. The minimum atomic E-state index is -4.87. The number of quaternary nitrogens is 1. The second-order valence-electron chi connectivity index (χ2n) is 5.29. The second kappa shape index (κ2) is 9.38. The van der Waals surface area contributed by atoms with Crippen molar-refractivity contribution in [2.75, 3.05) is 0 Å². The van der Waals surface area contributed by atoms with Crippen LogP contribution in [0.2, 0.25) is 0 Å². The quantitative estimate of drug-likeness (QED) is 0.255. The highest BCUT2D eigenvalue weighted by Gasteiger charge is 2.15. The van der Waals surface area contributed by atoms with E-state index in [2.05, 4.69) is 32.5 Å². The molecule has 2 rings (SSSR count). The summed E-state index contributed by atoms with van der Waals surface area (Å²) in [6, 6.07) is 7.45. The number of carboxylic acids is 1. The molecule has 0 spiro atoms. The van der Waals surface area contributed by atoms with Gasteiger partial charge in [0, 0.05) is 6.42 Å². The van der Waals surface area contributed by atoms with Crippen LogP contribution in [-0.4, -0.2) is 25.0 Å². The zero-order valence-corrected chi connectivity index (χ0v) is 20.6. The minimum absolute atomic E-state index is 0.0487. The average molecular weight is 730 g/mol. The van der Waals surface area contributed by atoms with Crippen LogP contribution >= 0.6 is 67.8 Å². The van der Waals surface area contributed by atoms with Gasteiger partial charge < -0.3 is 29.1 Å². The maximum Gasteiger partial charge on any atom is 0.262 e.